The summed E-state index contributed by atoms with van der Waals surface area (Å²) in [5.74, 6) is 0.791. The summed E-state index contributed by atoms with van der Waals surface area (Å²) in [6.07, 6.45) is 4.72. The number of carbonyl (C=O) groups is 1. The van der Waals surface area contributed by atoms with Crippen LogP contribution in [0.5, 0.6) is 5.75 Å². The number of ether oxygens (including phenoxy) is 1. The molecule has 1 aromatic heterocycles. The Hall–Kier alpha value is -2.58. The molecule has 6 heteroatoms. The first-order valence-electron chi connectivity index (χ1n) is 8.52. The summed E-state index contributed by atoms with van der Waals surface area (Å²) in [5, 5.41) is 9.49. The second kappa shape index (κ2) is 10.4. The van der Waals surface area contributed by atoms with Gasteiger partial charge in [-0.15, -0.1) is 0 Å². The smallest absolute Gasteiger partial charge is 0.223 e. The van der Waals surface area contributed by atoms with Crippen LogP contribution in [0, 0.1) is 18.3 Å². The first-order valence-corrected chi connectivity index (χ1v) is 8.90. The van der Waals surface area contributed by atoms with Crippen molar-refractivity contribution in [3.63, 3.8) is 0 Å². The van der Waals surface area contributed by atoms with Crippen LogP contribution >= 0.6 is 11.6 Å². The Labute approximate surface area is 159 Å². The predicted octanol–water partition coefficient (Wildman–Crippen LogP) is 4.14. The highest BCUT2D eigenvalue weighted by molar-refractivity contribution is 6.30. The number of halogens is 1. The number of nitrogens with zero attached hydrogens (tertiary/aromatic N) is 3. The predicted molar refractivity (Wildman–Crippen MR) is 101 cm³/mol. The molecule has 5 nitrogen and oxygen atoms in total. The molecule has 0 atom stereocenters. The molecule has 0 aliphatic rings. The second-order valence-corrected chi connectivity index (χ2v) is 6.38. The zero-order valence-electron chi connectivity index (χ0n) is 14.8. The van der Waals surface area contributed by atoms with Crippen LogP contribution in [0.4, 0.5) is 0 Å². The molecule has 0 N–H and O–H groups in total. The van der Waals surface area contributed by atoms with Crippen LogP contribution in [0.3, 0.4) is 0 Å². The minimum atomic E-state index is 0.0144. The normalized spacial score (nSPS) is 10.2. The fourth-order valence-corrected chi connectivity index (χ4v) is 2.75. The molecule has 0 unspecified atom stereocenters. The Balaban J connectivity index is 1.83. The summed E-state index contributed by atoms with van der Waals surface area (Å²) in [7, 11) is 0. The second-order valence-electron chi connectivity index (χ2n) is 5.95. The van der Waals surface area contributed by atoms with Crippen LogP contribution in [0.15, 0.2) is 42.7 Å². The number of nitriles is 1. The number of aryl methyl sites for hydroxylation is 1. The minimum absolute atomic E-state index is 0.0144. The van der Waals surface area contributed by atoms with E-state index in [0.717, 1.165) is 16.9 Å². The average Bonchev–Trinajstić information content (AvgIpc) is 2.64. The molecule has 1 aromatic carbocycles. The quantitative estimate of drug-likeness (QED) is 0.621. The average molecular weight is 372 g/mol. The Morgan fingerprint density at radius 1 is 1.38 bits per heavy atom. The van der Waals surface area contributed by atoms with E-state index >= 15 is 0 Å². The Morgan fingerprint density at radius 2 is 2.23 bits per heavy atom. The Kier molecular flexibility index (Phi) is 7.91. The molecule has 26 heavy (non-hydrogen) atoms. The van der Waals surface area contributed by atoms with Gasteiger partial charge in [0.2, 0.25) is 5.91 Å². The van der Waals surface area contributed by atoms with Crippen molar-refractivity contribution < 1.29 is 9.53 Å². The van der Waals surface area contributed by atoms with Gasteiger partial charge in [-0.05, 0) is 48.7 Å². The maximum Gasteiger partial charge on any atom is 0.223 e. The van der Waals surface area contributed by atoms with Gasteiger partial charge in [0.25, 0.3) is 0 Å². The van der Waals surface area contributed by atoms with Gasteiger partial charge in [0.05, 0.1) is 19.1 Å². The van der Waals surface area contributed by atoms with Gasteiger partial charge >= 0.3 is 0 Å². The van der Waals surface area contributed by atoms with Gasteiger partial charge < -0.3 is 9.64 Å². The molecule has 0 aliphatic carbocycles. The van der Waals surface area contributed by atoms with E-state index in [1.165, 1.54) is 0 Å². The molecule has 0 saturated carbocycles. The molecule has 0 radical (unpaired) electrons. The van der Waals surface area contributed by atoms with Crippen LogP contribution in [-0.4, -0.2) is 28.9 Å². The first kappa shape index (κ1) is 19.7. The van der Waals surface area contributed by atoms with Gasteiger partial charge in [-0.2, -0.15) is 5.26 Å². The lowest BCUT2D eigenvalue weighted by Crippen LogP contribution is -2.31. The van der Waals surface area contributed by atoms with Crippen molar-refractivity contribution in [1.82, 2.24) is 9.88 Å². The zero-order chi connectivity index (χ0) is 18.8. The summed E-state index contributed by atoms with van der Waals surface area (Å²) in [6.45, 7) is 3.27. The number of carbonyl (C=O) groups excluding carboxylic acids is 1. The molecule has 0 fully saturated rings. The molecular formula is C20H22ClN3O2. The third-order valence-corrected chi connectivity index (χ3v) is 4.11. The summed E-state index contributed by atoms with van der Waals surface area (Å²) in [6, 6.07) is 11.3. The Bertz CT molecular complexity index is 759. The topological polar surface area (TPSA) is 66.2 Å². The largest absolute Gasteiger partial charge is 0.493 e. The lowest BCUT2D eigenvalue weighted by molar-refractivity contribution is -0.132. The fraction of sp³-hybridized carbons (Fsp3) is 0.350. The molecule has 136 valence electrons. The van der Waals surface area contributed by atoms with Crippen LogP contribution in [0.1, 0.15) is 30.4 Å². The van der Waals surface area contributed by atoms with Crippen molar-refractivity contribution in [2.75, 3.05) is 13.2 Å². The number of amides is 1. The van der Waals surface area contributed by atoms with Crippen molar-refractivity contribution >= 4 is 17.5 Å². The van der Waals surface area contributed by atoms with Gasteiger partial charge in [-0.25, -0.2) is 0 Å². The zero-order valence-corrected chi connectivity index (χ0v) is 15.6. The van der Waals surface area contributed by atoms with Crippen molar-refractivity contribution in [3.05, 3.63) is 58.9 Å². The minimum Gasteiger partial charge on any atom is -0.493 e. The number of aromatic nitrogens is 1. The monoisotopic (exact) mass is 371 g/mol. The highest BCUT2D eigenvalue weighted by Crippen LogP contribution is 2.22. The number of rotatable bonds is 9. The fourth-order valence-electron chi connectivity index (χ4n) is 2.53. The standard InChI is InChI=1S/C20H22ClN3O2/c1-16-13-18(21)7-8-19(16)26-12-3-6-20(25)24(11-4-9-22)15-17-5-2-10-23-14-17/h2,5,7-8,10,13-14H,3-4,6,11-12,15H2,1H3. The van der Waals surface area contributed by atoms with E-state index in [1.807, 2.05) is 31.2 Å². The summed E-state index contributed by atoms with van der Waals surface area (Å²) < 4.78 is 5.73. The van der Waals surface area contributed by atoms with Gasteiger partial charge in [0.15, 0.2) is 0 Å². The third kappa shape index (κ3) is 6.38. The highest BCUT2D eigenvalue weighted by atomic mass is 35.5. The molecule has 1 heterocycles. The molecule has 2 aromatic rings. The van der Waals surface area contributed by atoms with Gasteiger partial charge in [0.1, 0.15) is 5.75 Å². The molecular weight excluding hydrogens is 350 g/mol. The van der Waals surface area contributed by atoms with Crippen molar-refractivity contribution in [1.29, 1.82) is 5.26 Å². The SMILES string of the molecule is Cc1cc(Cl)ccc1OCCCC(=O)N(CCC#N)Cc1cccnc1. The maximum absolute atomic E-state index is 12.5. The van der Waals surface area contributed by atoms with Crippen LogP contribution in [0.25, 0.3) is 0 Å². The summed E-state index contributed by atoms with van der Waals surface area (Å²) in [4.78, 5) is 18.3. The van der Waals surface area contributed by atoms with Gasteiger partial charge in [0, 0.05) is 36.9 Å². The number of hydrogen-bond acceptors (Lipinski definition) is 4. The van der Waals surface area contributed by atoms with Crippen molar-refractivity contribution in [2.45, 2.75) is 32.7 Å². The highest BCUT2D eigenvalue weighted by Gasteiger charge is 2.14. The number of pyridine rings is 1. The molecule has 1 amide bonds. The van der Waals surface area contributed by atoms with E-state index in [4.69, 9.17) is 21.6 Å². The van der Waals surface area contributed by atoms with E-state index < -0.39 is 0 Å². The third-order valence-electron chi connectivity index (χ3n) is 3.87. The molecule has 2 rings (SSSR count). The van der Waals surface area contributed by atoms with Crippen LogP contribution in [0.2, 0.25) is 5.02 Å². The van der Waals surface area contributed by atoms with E-state index in [2.05, 4.69) is 11.1 Å². The molecule has 0 aliphatic heterocycles. The maximum atomic E-state index is 12.5. The van der Waals surface area contributed by atoms with E-state index in [-0.39, 0.29) is 5.91 Å². The molecule has 0 spiro atoms. The molecule has 0 saturated heterocycles. The van der Waals surface area contributed by atoms with E-state index in [0.29, 0.717) is 44.0 Å². The summed E-state index contributed by atoms with van der Waals surface area (Å²) in [5.41, 5.74) is 1.92. The Morgan fingerprint density at radius 3 is 2.92 bits per heavy atom. The van der Waals surface area contributed by atoms with E-state index in [1.54, 1.807) is 23.4 Å². The number of hydrogen-bond donors (Lipinski definition) is 0. The number of benzene rings is 1. The van der Waals surface area contributed by atoms with Crippen LogP contribution < -0.4 is 4.74 Å². The van der Waals surface area contributed by atoms with Gasteiger partial charge in [-0.1, -0.05) is 17.7 Å². The lowest BCUT2D eigenvalue weighted by atomic mass is 10.2. The lowest BCUT2D eigenvalue weighted by Gasteiger charge is -2.21. The first-order chi connectivity index (χ1) is 12.6. The summed E-state index contributed by atoms with van der Waals surface area (Å²) >= 11 is 5.93. The molecule has 0 bridgehead atoms. The van der Waals surface area contributed by atoms with Crippen molar-refractivity contribution in [2.24, 2.45) is 0 Å². The van der Waals surface area contributed by atoms with Gasteiger partial charge in [-0.3, -0.25) is 9.78 Å². The van der Waals surface area contributed by atoms with E-state index in [9.17, 15) is 4.79 Å². The van der Waals surface area contributed by atoms with Crippen molar-refractivity contribution in [3.8, 4) is 11.8 Å². The van der Waals surface area contributed by atoms with Crippen LogP contribution in [-0.2, 0) is 11.3 Å².